The zero-order valence-corrected chi connectivity index (χ0v) is 14.5. The third-order valence-electron chi connectivity index (χ3n) is 6.20. The van der Waals surface area contributed by atoms with E-state index in [0.29, 0.717) is 24.9 Å². The van der Waals surface area contributed by atoms with Crippen LogP contribution in [0.1, 0.15) is 50.5 Å². The number of aliphatic carboxylic acids is 1. The average Bonchev–Trinajstić information content (AvgIpc) is 2.57. The van der Waals surface area contributed by atoms with Crippen LogP contribution in [0, 0.1) is 5.92 Å². The van der Waals surface area contributed by atoms with E-state index in [9.17, 15) is 15.0 Å². The standard InChI is InChI=1S/C20H29NO3/c1-21-14-8-11-17(15-21)20(18(22)23,16-9-4-2-5-10-16)19(24)12-6-3-7-13-19/h2,4-5,9-10,17,24H,3,6-8,11-15H2,1H3,(H,22,23)/p-1. The number of rotatable bonds is 4. The van der Waals surface area contributed by atoms with Crippen molar-refractivity contribution >= 4 is 5.97 Å². The molecule has 1 aliphatic heterocycles. The van der Waals surface area contributed by atoms with Crippen LogP contribution in [-0.4, -0.2) is 41.7 Å². The van der Waals surface area contributed by atoms with Crippen LogP contribution in [-0.2, 0) is 10.2 Å². The molecule has 1 saturated carbocycles. The van der Waals surface area contributed by atoms with Crippen molar-refractivity contribution in [3.63, 3.8) is 0 Å². The van der Waals surface area contributed by atoms with E-state index in [1.165, 1.54) is 0 Å². The number of aliphatic hydroxyl groups is 1. The minimum atomic E-state index is -1.33. The zero-order chi connectivity index (χ0) is 17.2. The van der Waals surface area contributed by atoms with Gasteiger partial charge in [-0.15, -0.1) is 0 Å². The normalized spacial score (nSPS) is 27.3. The fraction of sp³-hybridized carbons (Fsp3) is 0.650. The van der Waals surface area contributed by atoms with Crippen LogP contribution < -0.4 is 5.11 Å². The van der Waals surface area contributed by atoms with Gasteiger partial charge >= 0.3 is 0 Å². The first-order valence-electron chi connectivity index (χ1n) is 9.18. The maximum Gasteiger partial charge on any atom is 0.0799 e. The number of carbonyl (C=O) groups is 1. The van der Waals surface area contributed by atoms with Crippen molar-refractivity contribution in [3.8, 4) is 0 Å². The number of hydrogen-bond donors (Lipinski definition) is 1. The predicted molar refractivity (Wildman–Crippen MR) is 91.4 cm³/mol. The maximum absolute atomic E-state index is 12.6. The van der Waals surface area contributed by atoms with Crippen LogP contribution in [0.2, 0.25) is 0 Å². The summed E-state index contributed by atoms with van der Waals surface area (Å²) in [5.74, 6) is -1.25. The quantitative estimate of drug-likeness (QED) is 0.913. The van der Waals surface area contributed by atoms with E-state index < -0.39 is 17.0 Å². The van der Waals surface area contributed by atoms with Gasteiger partial charge in [0.1, 0.15) is 0 Å². The second-order valence-corrected chi connectivity index (χ2v) is 7.66. The van der Waals surface area contributed by atoms with Crippen LogP contribution >= 0.6 is 0 Å². The fourth-order valence-electron chi connectivity index (χ4n) is 5.11. The van der Waals surface area contributed by atoms with E-state index >= 15 is 0 Å². The second-order valence-electron chi connectivity index (χ2n) is 7.66. The van der Waals surface area contributed by atoms with Gasteiger partial charge in [0.25, 0.3) is 0 Å². The molecule has 132 valence electrons. The number of carbonyl (C=O) groups excluding carboxylic acids is 1. The first kappa shape index (κ1) is 17.4. The Balaban J connectivity index is 2.15. The Morgan fingerprint density at radius 2 is 1.88 bits per heavy atom. The molecule has 4 nitrogen and oxygen atoms in total. The molecule has 24 heavy (non-hydrogen) atoms. The van der Waals surface area contributed by atoms with Gasteiger partial charge in [-0.1, -0.05) is 49.6 Å². The summed E-state index contributed by atoms with van der Waals surface area (Å²) < 4.78 is 0. The Bertz CT molecular complexity index is 568. The minimum Gasteiger partial charge on any atom is -0.549 e. The second kappa shape index (κ2) is 6.85. The number of benzene rings is 1. The Morgan fingerprint density at radius 1 is 1.21 bits per heavy atom. The summed E-state index contributed by atoms with van der Waals surface area (Å²) in [6.45, 7) is 1.66. The van der Waals surface area contributed by atoms with E-state index in [0.717, 1.165) is 38.6 Å². The molecule has 1 aromatic carbocycles. The molecule has 1 aromatic rings. The lowest BCUT2D eigenvalue weighted by Gasteiger charge is -2.56. The molecule has 2 aliphatic rings. The van der Waals surface area contributed by atoms with E-state index in [4.69, 9.17) is 0 Å². The van der Waals surface area contributed by atoms with E-state index in [-0.39, 0.29) is 5.92 Å². The molecule has 0 radical (unpaired) electrons. The molecule has 1 aliphatic carbocycles. The van der Waals surface area contributed by atoms with Gasteiger partial charge in [0.05, 0.1) is 17.0 Å². The van der Waals surface area contributed by atoms with Crippen LogP contribution in [0.4, 0.5) is 0 Å². The van der Waals surface area contributed by atoms with E-state index in [1.54, 1.807) is 0 Å². The number of nitrogens with zero attached hydrogens (tertiary/aromatic N) is 1. The van der Waals surface area contributed by atoms with E-state index in [2.05, 4.69) is 4.90 Å². The fourth-order valence-corrected chi connectivity index (χ4v) is 5.11. The Morgan fingerprint density at radius 3 is 2.46 bits per heavy atom. The highest BCUT2D eigenvalue weighted by Gasteiger charge is 2.57. The van der Waals surface area contributed by atoms with Crippen molar-refractivity contribution in [2.45, 2.75) is 56.0 Å². The molecule has 1 saturated heterocycles. The number of piperidine rings is 1. The van der Waals surface area contributed by atoms with Gasteiger partial charge in [-0.25, -0.2) is 0 Å². The monoisotopic (exact) mass is 330 g/mol. The molecule has 2 fully saturated rings. The zero-order valence-electron chi connectivity index (χ0n) is 14.5. The summed E-state index contributed by atoms with van der Waals surface area (Å²) in [6.07, 6.45) is 5.66. The molecule has 0 amide bonds. The Kier molecular flexibility index (Phi) is 4.97. The SMILES string of the molecule is CN1CCCC(C(C(=O)[O-])(c2ccccc2)C2(O)CCCCC2)C1. The molecule has 2 unspecified atom stereocenters. The maximum atomic E-state index is 12.6. The van der Waals surface area contributed by atoms with Crippen molar-refractivity contribution in [1.82, 2.24) is 4.90 Å². The molecule has 0 bridgehead atoms. The van der Waals surface area contributed by atoms with Crippen molar-refractivity contribution in [1.29, 1.82) is 0 Å². The van der Waals surface area contributed by atoms with Gasteiger partial charge in [-0.3, -0.25) is 0 Å². The van der Waals surface area contributed by atoms with Crippen molar-refractivity contribution < 1.29 is 15.0 Å². The molecular formula is C20H28NO3-. The highest BCUT2D eigenvalue weighted by molar-refractivity contribution is 5.82. The topological polar surface area (TPSA) is 63.6 Å². The van der Waals surface area contributed by atoms with Crippen LogP contribution in [0.3, 0.4) is 0 Å². The average molecular weight is 330 g/mol. The number of carboxylic acid groups (broad SMARTS) is 1. The summed E-state index contributed by atoms with van der Waals surface area (Å²) in [5.41, 5.74) is -1.85. The van der Waals surface area contributed by atoms with Crippen molar-refractivity contribution in [3.05, 3.63) is 35.9 Å². The first-order chi connectivity index (χ1) is 11.5. The van der Waals surface area contributed by atoms with Gasteiger partial charge in [0.15, 0.2) is 0 Å². The lowest BCUT2D eigenvalue weighted by molar-refractivity contribution is -0.326. The summed E-state index contributed by atoms with van der Waals surface area (Å²) in [7, 11) is 2.03. The summed E-state index contributed by atoms with van der Waals surface area (Å²) >= 11 is 0. The molecule has 0 aromatic heterocycles. The summed E-state index contributed by atoms with van der Waals surface area (Å²) in [6, 6.07) is 9.34. The van der Waals surface area contributed by atoms with Gasteiger partial charge in [0, 0.05) is 6.54 Å². The number of carboxylic acids is 1. The molecular weight excluding hydrogens is 302 g/mol. The number of hydrogen-bond acceptors (Lipinski definition) is 4. The highest BCUT2D eigenvalue weighted by atomic mass is 16.4. The molecule has 1 heterocycles. The predicted octanol–water partition coefficient (Wildman–Crippen LogP) is 1.71. The van der Waals surface area contributed by atoms with Gasteiger partial charge in [0.2, 0.25) is 0 Å². The van der Waals surface area contributed by atoms with Crippen LogP contribution in [0.5, 0.6) is 0 Å². The van der Waals surface area contributed by atoms with E-state index in [1.807, 2.05) is 37.4 Å². The minimum absolute atomic E-state index is 0.133. The third-order valence-corrected chi connectivity index (χ3v) is 6.20. The van der Waals surface area contributed by atoms with Crippen molar-refractivity contribution in [2.24, 2.45) is 5.92 Å². The van der Waals surface area contributed by atoms with Crippen LogP contribution in [0.15, 0.2) is 30.3 Å². The lowest BCUT2D eigenvalue weighted by Crippen LogP contribution is -2.67. The van der Waals surface area contributed by atoms with Gasteiger partial charge in [-0.05, 0) is 50.8 Å². The first-order valence-corrected chi connectivity index (χ1v) is 9.18. The molecule has 0 spiro atoms. The lowest BCUT2D eigenvalue weighted by atomic mass is 9.54. The smallest absolute Gasteiger partial charge is 0.0799 e. The molecule has 1 N–H and O–H groups in total. The molecule has 3 rings (SSSR count). The van der Waals surface area contributed by atoms with Crippen molar-refractivity contribution in [2.75, 3.05) is 20.1 Å². The Labute approximate surface area is 144 Å². The Hall–Kier alpha value is -1.39. The molecule has 2 atom stereocenters. The summed E-state index contributed by atoms with van der Waals surface area (Å²) in [5, 5.41) is 24.2. The number of likely N-dealkylation sites (tertiary alicyclic amines) is 1. The van der Waals surface area contributed by atoms with Gasteiger partial charge < -0.3 is 19.9 Å². The van der Waals surface area contributed by atoms with Crippen LogP contribution in [0.25, 0.3) is 0 Å². The highest BCUT2D eigenvalue weighted by Crippen LogP contribution is 2.51. The summed E-state index contributed by atoms with van der Waals surface area (Å²) in [4.78, 5) is 14.8. The largest absolute Gasteiger partial charge is 0.549 e. The third kappa shape index (κ3) is 2.76. The van der Waals surface area contributed by atoms with Gasteiger partial charge in [-0.2, -0.15) is 0 Å². The molecule has 4 heteroatoms.